The van der Waals surface area contributed by atoms with Crippen molar-refractivity contribution in [1.29, 1.82) is 0 Å². The number of hydrogen-bond donors (Lipinski definition) is 1. The van der Waals surface area contributed by atoms with E-state index in [2.05, 4.69) is 52.4 Å². The van der Waals surface area contributed by atoms with Crippen molar-refractivity contribution in [3.05, 3.63) is 63.9 Å². The number of aromatic nitrogens is 1. The highest BCUT2D eigenvalue weighted by atomic mass is 79.9. The van der Waals surface area contributed by atoms with Gasteiger partial charge in [0.2, 0.25) is 0 Å². The van der Waals surface area contributed by atoms with E-state index in [9.17, 15) is 0 Å². The van der Waals surface area contributed by atoms with E-state index in [1.807, 2.05) is 30.3 Å². The summed E-state index contributed by atoms with van der Waals surface area (Å²) in [6.07, 6.45) is 0.986. The van der Waals surface area contributed by atoms with Gasteiger partial charge in [0.05, 0.1) is 11.4 Å². The molecule has 21 heavy (non-hydrogen) atoms. The molecule has 0 bridgehead atoms. The van der Waals surface area contributed by atoms with Crippen molar-refractivity contribution in [2.45, 2.75) is 13.3 Å². The molecule has 1 aromatic heterocycles. The van der Waals surface area contributed by atoms with Crippen molar-refractivity contribution in [1.82, 2.24) is 4.98 Å². The molecule has 0 aliphatic heterocycles. The molecule has 106 valence electrons. The van der Waals surface area contributed by atoms with Crippen LogP contribution in [0.15, 0.2) is 59.1 Å². The van der Waals surface area contributed by atoms with Crippen molar-refractivity contribution in [2.24, 2.45) is 0 Å². The fourth-order valence-electron chi connectivity index (χ4n) is 2.14. The number of benzene rings is 2. The van der Waals surface area contributed by atoms with Crippen molar-refractivity contribution in [3.63, 3.8) is 0 Å². The summed E-state index contributed by atoms with van der Waals surface area (Å²) in [4.78, 5) is 6.08. The molecule has 1 N–H and O–H groups in total. The van der Waals surface area contributed by atoms with Gasteiger partial charge < -0.3 is 5.32 Å². The van der Waals surface area contributed by atoms with Gasteiger partial charge in [0.15, 0.2) is 5.13 Å². The zero-order chi connectivity index (χ0) is 14.7. The highest BCUT2D eigenvalue weighted by molar-refractivity contribution is 9.10. The highest BCUT2D eigenvalue weighted by Gasteiger charge is 2.12. The molecule has 1 heterocycles. The van der Waals surface area contributed by atoms with Crippen LogP contribution in [0.3, 0.4) is 0 Å². The monoisotopic (exact) mass is 358 g/mol. The molecular weight excluding hydrogens is 344 g/mol. The quantitative estimate of drug-likeness (QED) is 0.629. The minimum atomic E-state index is 0.928. The molecule has 0 aliphatic carbocycles. The fraction of sp³-hybridized carbons (Fsp3) is 0.118. The minimum Gasteiger partial charge on any atom is -0.331 e. The lowest BCUT2D eigenvalue weighted by molar-refractivity contribution is 1.17. The van der Waals surface area contributed by atoms with Crippen LogP contribution in [0, 0.1) is 0 Å². The third-order valence-corrected chi connectivity index (χ3v) is 4.99. The molecule has 0 atom stereocenters. The number of hydrogen-bond acceptors (Lipinski definition) is 3. The van der Waals surface area contributed by atoms with Crippen molar-refractivity contribution >= 4 is 38.1 Å². The van der Waals surface area contributed by atoms with Crippen LogP contribution in [0.25, 0.3) is 11.3 Å². The lowest BCUT2D eigenvalue weighted by atomic mass is 10.1. The van der Waals surface area contributed by atoms with Crippen molar-refractivity contribution in [2.75, 3.05) is 5.32 Å². The highest BCUT2D eigenvalue weighted by Crippen LogP contribution is 2.34. The third-order valence-electron chi connectivity index (χ3n) is 3.18. The topological polar surface area (TPSA) is 24.9 Å². The molecular formula is C17H15BrN2S. The standard InChI is InChI=1S/C17H15BrN2S/c1-2-15-16(12-8-4-3-5-9-12)20-17(21-15)19-14-11-7-6-10-13(14)18/h3-11H,2H2,1H3,(H,19,20). The summed E-state index contributed by atoms with van der Waals surface area (Å²) in [7, 11) is 0. The number of nitrogens with one attached hydrogen (secondary N) is 1. The molecule has 0 radical (unpaired) electrons. The molecule has 2 nitrogen and oxygen atoms in total. The number of aryl methyl sites for hydroxylation is 1. The van der Waals surface area contributed by atoms with Crippen LogP contribution in [0.5, 0.6) is 0 Å². The fourth-order valence-corrected chi connectivity index (χ4v) is 3.46. The second-order valence-electron chi connectivity index (χ2n) is 4.62. The summed E-state index contributed by atoms with van der Waals surface area (Å²) >= 11 is 5.27. The number of anilines is 2. The number of nitrogens with zero attached hydrogens (tertiary/aromatic N) is 1. The maximum atomic E-state index is 4.77. The van der Waals surface area contributed by atoms with Crippen LogP contribution < -0.4 is 5.32 Å². The Morgan fingerprint density at radius 1 is 1.05 bits per heavy atom. The Morgan fingerprint density at radius 2 is 1.76 bits per heavy atom. The molecule has 0 saturated heterocycles. The van der Waals surface area contributed by atoms with Gasteiger partial charge in [0, 0.05) is 14.9 Å². The van der Waals surface area contributed by atoms with Gasteiger partial charge in [-0.2, -0.15) is 0 Å². The maximum Gasteiger partial charge on any atom is 0.188 e. The molecule has 0 fully saturated rings. The summed E-state index contributed by atoms with van der Waals surface area (Å²) in [5.41, 5.74) is 3.29. The second kappa shape index (κ2) is 6.41. The first kappa shape index (κ1) is 14.3. The van der Waals surface area contributed by atoms with Crippen LogP contribution in [0.4, 0.5) is 10.8 Å². The SMILES string of the molecule is CCc1sc(Nc2ccccc2Br)nc1-c1ccccc1. The van der Waals surface area contributed by atoms with Gasteiger partial charge in [0.25, 0.3) is 0 Å². The Labute approximate surface area is 137 Å². The molecule has 0 aliphatic rings. The van der Waals surface area contributed by atoms with Crippen LogP contribution in [0.2, 0.25) is 0 Å². The molecule has 0 saturated carbocycles. The number of thiazole rings is 1. The molecule has 0 unspecified atom stereocenters. The Morgan fingerprint density at radius 3 is 2.48 bits per heavy atom. The van der Waals surface area contributed by atoms with Gasteiger partial charge >= 0.3 is 0 Å². The van der Waals surface area contributed by atoms with Gasteiger partial charge in [-0.05, 0) is 34.5 Å². The van der Waals surface area contributed by atoms with Crippen LogP contribution in [-0.4, -0.2) is 4.98 Å². The molecule has 3 aromatic rings. The maximum absolute atomic E-state index is 4.77. The first-order valence-corrected chi connectivity index (χ1v) is 8.45. The van der Waals surface area contributed by atoms with Gasteiger partial charge in [-0.15, -0.1) is 11.3 Å². The largest absolute Gasteiger partial charge is 0.331 e. The summed E-state index contributed by atoms with van der Waals surface area (Å²) in [6, 6.07) is 18.4. The van der Waals surface area contributed by atoms with E-state index >= 15 is 0 Å². The normalized spacial score (nSPS) is 10.6. The van der Waals surface area contributed by atoms with E-state index in [1.165, 1.54) is 10.4 Å². The minimum absolute atomic E-state index is 0.928. The number of halogens is 1. The summed E-state index contributed by atoms with van der Waals surface area (Å²) < 4.78 is 1.04. The zero-order valence-corrected chi connectivity index (χ0v) is 14.0. The number of rotatable bonds is 4. The summed E-state index contributed by atoms with van der Waals surface area (Å²) in [5, 5.41) is 4.33. The molecule has 0 spiro atoms. The predicted molar refractivity (Wildman–Crippen MR) is 94.4 cm³/mol. The second-order valence-corrected chi connectivity index (χ2v) is 6.55. The van der Waals surface area contributed by atoms with E-state index in [0.29, 0.717) is 0 Å². The molecule has 2 aromatic carbocycles. The molecule has 4 heteroatoms. The average molecular weight is 359 g/mol. The summed E-state index contributed by atoms with van der Waals surface area (Å²) in [5.74, 6) is 0. The average Bonchev–Trinajstić information content (AvgIpc) is 2.93. The smallest absolute Gasteiger partial charge is 0.188 e. The van der Waals surface area contributed by atoms with E-state index in [1.54, 1.807) is 11.3 Å². The first-order valence-electron chi connectivity index (χ1n) is 6.84. The van der Waals surface area contributed by atoms with E-state index in [0.717, 1.165) is 27.4 Å². The van der Waals surface area contributed by atoms with Crippen LogP contribution >= 0.6 is 27.3 Å². The Kier molecular flexibility index (Phi) is 4.36. The van der Waals surface area contributed by atoms with Gasteiger partial charge in [-0.3, -0.25) is 0 Å². The van der Waals surface area contributed by atoms with E-state index < -0.39 is 0 Å². The Hall–Kier alpha value is -1.65. The lowest BCUT2D eigenvalue weighted by Crippen LogP contribution is -1.90. The first-order chi connectivity index (χ1) is 10.3. The van der Waals surface area contributed by atoms with Crippen LogP contribution in [0.1, 0.15) is 11.8 Å². The van der Waals surface area contributed by atoms with Gasteiger partial charge in [-0.1, -0.05) is 49.4 Å². The van der Waals surface area contributed by atoms with Crippen molar-refractivity contribution in [3.8, 4) is 11.3 Å². The molecule has 3 rings (SSSR count). The number of para-hydroxylation sites is 1. The van der Waals surface area contributed by atoms with E-state index in [4.69, 9.17) is 4.98 Å². The summed E-state index contributed by atoms with van der Waals surface area (Å²) in [6.45, 7) is 2.17. The van der Waals surface area contributed by atoms with Crippen LogP contribution in [-0.2, 0) is 6.42 Å². The zero-order valence-electron chi connectivity index (χ0n) is 11.6. The third kappa shape index (κ3) is 3.17. The predicted octanol–water partition coefficient (Wildman–Crippen LogP) is 5.88. The Balaban J connectivity index is 1.95. The van der Waals surface area contributed by atoms with Gasteiger partial charge in [-0.25, -0.2) is 4.98 Å². The molecule has 0 amide bonds. The van der Waals surface area contributed by atoms with Gasteiger partial charge in [0.1, 0.15) is 0 Å². The lowest BCUT2D eigenvalue weighted by Gasteiger charge is -2.04. The Bertz CT molecular complexity index is 738. The van der Waals surface area contributed by atoms with E-state index in [-0.39, 0.29) is 0 Å². The van der Waals surface area contributed by atoms with Crippen molar-refractivity contribution < 1.29 is 0 Å².